The summed E-state index contributed by atoms with van der Waals surface area (Å²) in [5.74, 6) is 0.290. The number of anilines is 1. The van der Waals surface area contributed by atoms with Gasteiger partial charge in [-0.15, -0.1) is 0 Å². The fraction of sp³-hybridized carbons (Fsp3) is 0.583. The summed E-state index contributed by atoms with van der Waals surface area (Å²) in [5.41, 5.74) is -0.304. The van der Waals surface area contributed by atoms with Gasteiger partial charge in [0.15, 0.2) is 5.82 Å². The van der Waals surface area contributed by atoms with Crippen molar-refractivity contribution in [2.24, 2.45) is 5.92 Å². The van der Waals surface area contributed by atoms with Crippen LogP contribution < -0.4 is 15.2 Å². The highest BCUT2D eigenvalue weighted by atomic mass is 16.5. The Morgan fingerprint density at radius 2 is 2.47 bits per heavy atom. The number of hydrogen-bond acceptors (Lipinski definition) is 5. The van der Waals surface area contributed by atoms with E-state index in [2.05, 4.69) is 9.97 Å². The van der Waals surface area contributed by atoms with Crippen molar-refractivity contribution in [3.63, 3.8) is 0 Å². The lowest BCUT2D eigenvalue weighted by Crippen LogP contribution is -2.24. The second kappa shape index (κ2) is 5.73. The van der Waals surface area contributed by atoms with Crippen LogP contribution in [0.4, 0.5) is 5.82 Å². The summed E-state index contributed by atoms with van der Waals surface area (Å²) in [7, 11) is 1.44. The Bertz CT molecular complexity index is 514. The zero-order valence-corrected chi connectivity index (χ0v) is 10.8. The Labute approximate surface area is 110 Å². The number of hydrogen-bond donors (Lipinski definition) is 2. The van der Waals surface area contributed by atoms with Gasteiger partial charge in [-0.2, -0.15) is 0 Å². The van der Waals surface area contributed by atoms with Crippen LogP contribution in [0.15, 0.2) is 11.1 Å². The van der Waals surface area contributed by atoms with E-state index in [0.717, 1.165) is 13.0 Å². The number of methoxy groups -OCH3 is 1. The highest BCUT2D eigenvalue weighted by Crippen LogP contribution is 2.28. The van der Waals surface area contributed by atoms with Crippen LogP contribution in [0, 0.1) is 5.92 Å². The van der Waals surface area contributed by atoms with Crippen molar-refractivity contribution < 1.29 is 14.6 Å². The van der Waals surface area contributed by atoms with E-state index in [1.807, 2.05) is 4.90 Å². The van der Waals surface area contributed by atoms with Gasteiger partial charge in [0.1, 0.15) is 0 Å². The number of nitrogens with one attached hydrogen (secondary N) is 1. The maximum atomic E-state index is 11.6. The normalized spacial score (nSPS) is 18.6. The summed E-state index contributed by atoms with van der Waals surface area (Å²) in [5, 5.41) is 8.68. The van der Waals surface area contributed by atoms with Crippen molar-refractivity contribution in [2.75, 3.05) is 25.1 Å². The van der Waals surface area contributed by atoms with E-state index in [0.29, 0.717) is 24.7 Å². The van der Waals surface area contributed by atoms with Crippen LogP contribution in [0.2, 0.25) is 0 Å². The summed E-state index contributed by atoms with van der Waals surface area (Å²) in [6.45, 7) is 1.47. The minimum atomic E-state index is -0.773. The summed E-state index contributed by atoms with van der Waals surface area (Å²) in [6, 6.07) is 0. The van der Waals surface area contributed by atoms with E-state index >= 15 is 0 Å². The molecular formula is C12H17N3O4. The smallest absolute Gasteiger partial charge is 0.303 e. The number of ether oxygens (including phenoxy) is 1. The van der Waals surface area contributed by atoms with Gasteiger partial charge >= 0.3 is 5.97 Å². The monoisotopic (exact) mass is 267 g/mol. The van der Waals surface area contributed by atoms with Crippen molar-refractivity contribution >= 4 is 11.8 Å². The highest BCUT2D eigenvalue weighted by Gasteiger charge is 2.26. The predicted octanol–water partition coefficient (Wildman–Crippen LogP) is 0.470. The maximum Gasteiger partial charge on any atom is 0.303 e. The van der Waals surface area contributed by atoms with Gasteiger partial charge < -0.3 is 19.7 Å². The zero-order chi connectivity index (χ0) is 13.8. The van der Waals surface area contributed by atoms with Crippen molar-refractivity contribution in [2.45, 2.75) is 19.3 Å². The average Bonchev–Trinajstić information content (AvgIpc) is 2.84. The first-order chi connectivity index (χ1) is 9.11. The first kappa shape index (κ1) is 13.4. The molecule has 1 aliphatic rings. The number of aromatic amines is 1. The first-order valence-electron chi connectivity index (χ1n) is 6.20. The second-order valence-electron chi connectivity index (χ2n) is 4.62. The molecule has 1 unspecified atom stereocenters. The van der Waals surface area contributed by atoms with Crippen molar-refractivity contribution in [1.29, 1.82) is 0 Å². The molecule has 1 aromatic heterocycles. The van der Waals surface area contributed by atoms with E-state index in [1.54, 1.807) is 0 Å². The first-order valence-corrected chi connectivity index (χ1v) is 6.20. The van der Waals surface area contributed by atoms with Gasteiger partial charge in [0, 0.05) is 19.5 Å². The Balaban J connectivity index is 2.06. The van der Waals surface area contributed by atoms with E-state index in [4.69, 9.17) is 9.84 Å². The number of rotatable bonds is 5. The number of aromatic nitrogens is 2. The summed E-state index contributed by atoms with van der Waals surface area (Å²) in [6.07, 6.45) is 3.09. The summed E-state index contributed by atoms with van der Waals surface area (Å²) < 4.78 is 5.08. The van der Waals surface area contributed by atoms with Gasteiger partial charge in [0.05, 0.1) is 13.4 Å². The topological polar surface area (TPSA) is 95.5 Å². The van der Waals surface area contributed by atoms with Gasteiger partial charge in [0.25, 0.3) is 5.56 Å². The van der Waals surface area contributed by atoms with Crippen molar-refractivity contribution in [1.82, 2.24) is 9.97 Å². The Kier molecular flexibility index (Phi) is 4.03. The fourth-order valence-corrected chi connectivity index (χ4v) is 2.38. The number of carboxylic acid groups (broad SMARTS) is 1. The molecule has 19 heavy (non-hydrogen) atoms. The SMILES string of the molecule is COc1c(N2CCC(CCC(=O)O)C2)nc[nH]c1=O. The lowest BCUT2D eigenvalue weighted by molar-refractivity contribution is -0.137. The molecule has 1 aromatic rings. The van der Waals surface area contributed by atoms with E-state index in [-0.39, 0.29) is 17.7 Å². The third kappa shape index (κ3) is 3.04. The largest absolute Gasteiger partial charge is 0.489 e. The molecule has 0 saturated carbocycles. The highest BCUT2D eigenvalue weighted by molar-refractivity contribution is 5.66. The molecule has 1 aliphatic heterocycles. The molecule has 0 aromatic carbocycles. The zero-order valence-electron chi connectivity index (χ0n) is 10.8. The van der Waals surface area contributed by atoms with Crippen LogP contribution in [-0.2, 0) is 4.79 Å². The average molecular weight is 267 g/mol. The van der Waals surface area contributed by atoms with Crippen molar-refractivity contribution in [3.05, 3.63) is 16.7 Å². The molecule has 1 atom stereocenters. The summed E-state index contributed by atoms with van der Waals surface area (Å²) in [4.78, 5) is 30.8. The van der Waals surface area contributed by atoms with Crippen LogP contribution in [0.5, 0.6) is 5.75 Å². The van der Waals surface area contributed by atoms with Crippen LogP contribution in [0.1, 0.15) is 19.3 Å². The number of aliphatic carboxylic acids is 1. The van der Waals surface area contributed by atoms with Gasteiger partial charge in [0.2, 0.25) is 5.75 Å². The maximum absolute atomic E-state index is 11.6. The standard InChI is InChI=1S/C12H17N3O4/c1-19-10-11(13-7-14-12(10)18)15-5-4-8(6-15)2-3-9(16)17/h7-8H,2-6H2,1H3,(H,16,17)(H,13,14,18). The molecule has 0 spiro atoms. The lowest BCUT2D eigenvalue weighted by Gasteiger charge is -2.18. The number of carbonyl (C=O) groups is 1. The number of nitrogens with zero attached hydrogens (tertiary/aromatic N) is 2. The lowest BCUT2D eigenvalue weighted by atomic mass is 10.0. The summed E-state index contributed by atoms with van der Waals surface area (Å²) >= 11 is 0. The molecule has 2 heterocycles. The van der Waals surface area contributed by atoms with Crippen LogP contribution in [0.25, 0.3) is 0 Å². The minimum absolute atomic E-state index is 0.179. The van der Waals surface area contributed by atoms with Crippen LogP contribution in [-0.4, -0.2) is 41.2 Å². The van der Waals surface area contributed by atoms with Crippen LogP contribution >= 0.6 is 0 Å². The molecule has 0 aliphatic carbocycles. The second-order valence-corrected chi connectivity index (χ2v) is 4.62. The molecule has 1 saturated heterocycles. The van der Waals surface area contributed by atoms with E-state index < -0.39 is 5.97 Å². The van der Waals surface area contributed by atoms with E-state index in [1.165, 1.54) is 13.4 Å². The molecule has 104 valence electrons. The molecule has 1 fully saturated rings. The molecule has 0 bridgehead atoms. The van der Waals surface area contributed by atoms with Gasteiger partial charge in [-0.3, -0.25) is 9.59 Å². The Hall–Kier alpha value is -2.05. The number of carboxylic acids is 1. The fourth-order valence-electron chi connectivity index (χ4n) is 2.38. The van der Waals surface area contributed by atoms with E-state index in [9.17, 15) is 9.59 Å². The molecule has 7 heteroatoms. The molecular weight excluding hydrogens is 250 g/mol. The third-order valence-corrected chi connectivity index (χ3v) is 3.35. The van der Waals surface area contributed by atoms with Gasteiger partial charge in [-0.05, 0) is 18.8 Å². The van der Waals surface area contributed by atoms with Crippen LogP contribution in [0.3, 0.4) is 0 Å². The molecule has 0 amide bonds. The van der Waals surface area contributed by atoms with Gasteiger partial charge in [-0.25, -0.2) is 4.98 Å². The third-order valence-electron chi connectivity index (χ3n) is 3.35. The Morgan fingerprint density at radius 1 is 1.68 bits per heavy atom. The molecule has 2 N–H and O–H groups in total. The van der Waals surface area contributed by atoms with Gasteiger partial charge in [-0.1, -0.05) is 0 Å². The Morgan fingerprint density at radius 3 is 3.16 bits per heavy atom. The molecule has 0 radical (unpaired) electrons. The molecule has 7 nitrogen and oxygen atoms in total. The minimum Gasteiger partial charge on any atom is -0.489 e. The number of H-pyrrole nitrogens is 1. The predicted molar refractivity (Wildman–Crippen MR) is 68.6 cm³/mol. The quantitative estimate of drug-likeness (QED) is 0.805. The van der Waals surface area contributed by atoms with Crippen molar-refractivity contribution in [3.8, 4) is 5.75 Å². The molecule has 2 rings (SSSR count).